The highest BCUT2D eigenvalue weighted by Gasteiger charge is 2.32. The largest absolute Gasteiger partial charge is 0.493 e. The van der Waals surface area contributed by atoms with Gasteiger partial charge >= 0.3 is 0 Å². The Balaban J connectivity index is 2.05. The number of hydrogen-bond acceptors (Lipinski definition) is 5. The molecule has 1 aromatic heterocycles. The highest BCUT2D eigenvalue weighted by atomic mass is 32.2. The van der Waals surface area contributed by atoms with Gasteiger partial charge in [0.1, 0.15) is 0 Å². The van der Waals surface area contributed by atoms with Crippen LogP contribution in [0.3, 0.4) is 0 Å². The number of azo groups is 1. The Morgan fingerprint density at radius 2 is 2.00 bits per heavy atom. The lowest BCUT2D eigenvalue weighted by atomic mass is 9.94. The number of aromatic nitrogens is 1. The standard InChI is InChI=1S/C16H21N5O3S2/c1-9-5-10(2)8-21(7-9)26(23,24)11-3-4-13-12(6-11)14(15(22)18-13)19-20-16(17)25/h3-4,6,9-10,18,22H,5,7-8H2,1-2H3,(H2,17,25). The van der Waals surface area contributed by atoms with Gasteiger partial charge in [-0.05, 0) is 48.7 Å². The number of nitrogens with one attached hydrogen (secondary N) is 1. The van der Waals surface area contributed by atoms with Gasteiger partial charge in [-0.1, -0.05) is 13.8 Å². The number of aromatic hydroxyl groups is 1. The molecule has 0 saturated carbocycles. The van der Waals surface area contributed by atoms with Gasteiger partial charge in [0.05, 0.1) is 10.4 Å². The Morgan fingerprint density at radius 3 is 2.62 bits per heavy atom. The van der Waals surface area contributed by atoms with E-state index in [2.05, 4.69) is 41.3 Å². The molecule has 2 unspecified atom stereocenters. The molecule has 26 heavy (non-hydrogen) atoms. The van der Waals surface area contributed by atoms with Gasteiger partial charge in [-0.25, -0.2) is 8.42 Å². The van der Waals surface area contributed by atoms with Crippen molar-refractivity contribution < 1.29 is 13.5 Å². The number of piperidine rings is 1. The third kappa shape index (κ3) is 3.57. The number of benzene rings is 1. The number of fused-ring (bicyclic) bond motifs is 1. The second-order valence-electron chi connectivity index (χ2n) is 6.84. The zero-order valence-corrected chi connectivity index (χ0v) is 16.1. The van der Waals surface area contributed by atoms with Gasteiger partial charge in [0.2, 0.25) is 21.0 Å². The molecule has 1 aliphatic rings. The van der Waals surface area contributed by atoms with Crippen molar-refractivity contribution >= 4 is 43.9 Å². The molecule has 1 aromatic carbocycles. The first-order valence-corrected chi connectivity index (χ1v) is 10.1. The number of hydrogen-bond donors (Lipinski definition) is 3. The van der Waals surface area contributed by atoms with E-state index in [9.17, 15) is 13.5 Å². The lowest BCUT2D eigenvalue weighted by molar-refractivity contribution is 0.222. The van der Waals surface area contributed by atoms with Crippen LogP contribution in [0.15, 0.2) is 33.3 Å². The monoisotopic (exact) mass is 395 g/mol. The molecule has 2 heterocycles. The summed E-state index contributed by atoms with van der Waals surface area (Å²) in [7, 11) is -3.64. The molecule has 1 aliphatic heterocycles. The molecular formula is C16H21N5O3S2. The van der Waals surface area contributed by atoms with Gasteiger partial charge in [-0.3, -0.25) is 0 Å². The molecule has 4 N–H and O–H groups in total. The third-order valence-electron chi connectivity index (χ3n) is 4.45. The van der Waals surface area contributed by atoms with E-state index in [1.807, 2.05) is 0 Å². The van der Waals surface area contributed by atoms with E-state index >= 15 is 0 Å². The first kappa shape index (κ1) is 18.7. The van der Waals surface area contributed by atoms with Crippen molar-refractivity contribution in [3.63, 3.8) is 0 Å². The van der Waals surface area contributed by atoms with Gasteiger partial charge in [-0.15, -0.1) is 10.2 Å². The summed E-state index contributed by atoms with van der Waals surface area (Å²) in [5, 5.41) is 17.7. The molecule has 1 fully saturated rings. The van der Waals surface area contributed by atoms with Crippen molar-refractivity contribution in [3.05, 3.63) is 18.2 Å². The maximum absolute atomic E-state index is 13.1. The number of sulfonamides is 1. The van der Waals surface area contributed by atoms with E-state index in [0.29, 0.717) is 35.8 Å². The van der Waals surface area contributed by atoms with Gasteiger partial charge in [0.15, 0.2) is 5.69 Å². The van der Waals surface area contributed by atoms with Crippen LogP contribution in [0.2, 0.25) is 0 Å². The van der Waals surface area contributed by atoms with Crippen LogP contribution in [0.25, 0.3) is 10.9 Å². The van der Waals surface area contributed by atoms with Crippen molar-refractivity contribution in [2.24, 2.45) is 27.8 Å². The Bertz CT molecular complexity index is 973. The smallest absolute Gasteiger partial charge is 0.243 e. The van der Waals surface area contributed by atoms with E-state index in [4.69, 9.17) is 5.73 Å². The third-order valence-corrected chi connectivity index (χ3v) is 6.35. The summed E-state index contributed by atoms with van der Waals surface area (Å²) in [4.78, 5) is 2.88. The van der Waals surface area contributed by atoms with Gasteiger partial charge in [0.25, 0.3) is 0 Å². The fraction of sp³-hybridized carbons (Fsp3) is 0.438. The zero-order chi connectivity index (χ0) is 19.1. The normalized spacial score (nSPS) is 22.2. The first-order chi connectivity index (χ1) is 12.2. The minimum Gasteiger partial charge on any atom is -0.493 e. The fourth-order valence-corrected chi connectivity index (χ4v) is 5.20. The molecule has 10 heteroatoms. The lowest BCUT2D eigenvalue weighted by Crippen LogP contribution is -2.42. The molecule has 0 radical (unpaired) electrons. The maximum Gasteiger partial charge on any atom is 0.243 e. The van der Waals surface area contributed by atoms with Crippen LogP contribution in [0.5, 0.6) is 5.88 Å². The van der Waals surface area contributed by atoms with E-state index in [0.717, 1.165) is 6.42 Å². The van der Waals surface area contributed by atoms with Crippen molar-refractivity contribution in [1.29, 1.82) is 0 Å². The molecule has 2 aromatic rings. The molecule has 0 bridgehead atoms. The Kier molecular flexibility index (Phi) is 5.00. The number of thiocarbonyl (C=S) groups is 1. The van der Waals surface area contributed by atoms with Gasteiger partial charge in [0, 0.05) is 18.5 Å². The van der Waals surface area contributed by atoms with Crippen LogP contribution in [0, 0.1) is 11.8 Å². The van der Waals surface area contributed by atoms with Gasteiger partial charge in [-0.2, -0.15) is 4.31 Å². The number of aromatic amines is 1. The molecule has 3 rings (SSSR count). The van der Waals surface area contributed by atoms with Crippen LogP contribution in [0.4, 0.5) is 5.69 Å². The summed E-state index contributed by atoms with van der Waals surface area (Å²) < 4.78 is 27.7. The molecule has 0 aliphatic carbocycles. The second kappa shape index (κ2) is 6.93. The average molecular weight is 396 g/mol. The minimum atomic E-state index is -3.64. The summed E-state index contributed by atoms with van der Waals surface area (Å²) in [6.07, 6.45) is 1.01. The Hall–Kier alpha value is -2.04. The SMILES string of the molecule is CC1CC(C)CN(S(=O)(=O)c2ccc3[nH]c(O)c(N=NC(N)=S)c3c2)C1. The fourth-order valence-electron chi connectivity index (χ4n) is 3.45. The van der Waals surface area contributed by atoms with E-state index in [-0.39, 0.29) is 21.6 Å². The molecule has 0 amide bonds. The minimum absolute atomic E-state index is 0.102. The predicted molar refractivity (Wildman–Crippen MR) is 103 cm³/mol. The number of nitrogens with zero attached hydrogens (tertiary/aromatic N) is 3. The van der Waals surface area contributed by atoms with Crippen molar-refractivity contribution in [2.45, 2.75) is 25.2 Å². The Morgan fingerprint density at radius 1 is 1.35 bits per heavy atom. The number of H-pyrrole nitrogens is 1. The summed E-state index contributed by atoms with van der Waals surface area (Å²) >= 11 is 4.65. The van der Waals surface area contributed by atoms with Crippen LogP contribution < -0.4 is 5.73 Å². The van der Waals surface area contributed by atoms with Crippen molar-refractivity contribution in [3.8, 4) is 5.88 Å². The van der Waals surface area contributed by atoms with Crippen molar-refractivity contribution in [1.82, 2.24) is 9.29 Å². The second-order valence-corrected chi connectivity index (χ2v) is 9.19. The molecule has 1 saturated heterocycles. The first-order valence-electron chi connectivity index (χ1n) is 8.24. The summed E-state index contributed by atoms with van der Waals surface area (Å²) in [5.74, 6) is 0.390. The highest BCUT2D eigenvalue weighted by Crippen LogP contribution is 2.37. The molecule has 8 nitrogen and oxygen atoms in total. The van der Waals surface area contributed by atoms with Gasteiger partial charge < -0.3 is 15.8 Å². The number of nitrogens with two attached hydrogens (primary N) is 1. The zero-order valence-electron chi connectivity index (χ0n) is 14.5. The summed E-state index contributed by atoms with van der Waals surface area (Å²) in [6.45, 7) is 5.10. The van der Waals surface area contributed by atoms with Crippen LogP contribution >= 0.6 is 12.2 Å². The highest BCUT2D eigenvalue weighted by molar-refractivity contribution is 7.89. The average Bonchev–Trinajstić information content (AvgIpc) is 2.86. The maximum atomic E-state index is 13.1. The van der Waals surface area contributed by atoms with Crippen LogP contribution in [-0.2, 0) is 10.0 Å². The van der Waals surface area contributed by atoms with Crippen LogP contribution in [-0.4, -0.2) is 41.0 Å². The molecule has 140 valence electrons. The quantitative estimate of drug-likeness (QED) is 0.544. The van der Waals surface area contributed by atoms with E-state index < -0.39 is 10.0 Å². The molecular weight excluding hydrogens is 374 g/mol. The lowest BCUT2D eigenvalue weighted by Gasteiger charge is -2.34. The van der Waals surface area contributed by atoms with E-state index in [1.54, 1.807) is 6.07 Å². The molecule has 0 spiro atoms. The van der Waals surface area contributed by atoms with E-state index in [1.165, 1.54) is 16.4 Å². The van der Waals surface area contributed by atoms with Crippen LogP contribution in [0.1, 0.15) is 20.3 Å². The molecule has 2 atom stereocenters. The Labute approximate surface area is 157 Å². The van der Waals surface area contributed by atoms with Crippen molar-refractivity contribution in [2.75, 3.05) is 13.1 Å². The predicted octanol–water partition coefficient (Wildman–Crippen LogP) is 2.87. The topological polar surface area (TPSA) is 124 Å². The summed E-state index contributed by atoms with van der Waals surface area (Å²) in [6, 6.07) is 4.60. The summed E-state index contributed by atoms with van der Waals surface area (Å²) in [5.41, 5.74) is 5.95. The number of rotatable bonds is 3.